The lowest BCUT2D eigenvalue weighted by atomic mass is 10.1. The number of hydrogen-bond acceptors (Lipinski definition) is 8. The third-order valence-electron chi connectivity index (χ3n) is 5.48. The van der Waals surface area contributed by atoms with Gasteiger partial charge in [-0.3, -0.25) is 9.80 Å². The van der Waals surface area contributed by atoms with Gasteiger partial charge in [0.2, 0.25) is 10.0 Å². The molecule has 0 spiro atoms. The van der Waals surface area contributed by atoms with Gasteiger partial charge < -0.3 is 14.6 Å². The number of aliphatic hydroxyl groups excluding tert-OH is 1. The minimum atomic E-state index is -3.24. The van der Waals surface area contributed by atoms with Crippen LogP contribution in [0.2, 0.25) is 0 Å². The summed E-state index contributed by atoms with van der Waals surface area (Å²) in [5.74, 6) is 0.626. The van der Waals surface area contributed by atoms with Gasteiger partial charge in [0, 0.05) is 45.8 Å². The maximum absolute atomic E-state index is 11.9. The van der Waals surface area contributed by atoms with Crippen molar-refractivity contribution in [2.45, 2.75) is 37.4 Å². The fourth-order valence-corrected chi connectivity index (χ4v) is 4.58. The van der Waals surface area contributed by atoms with E-state index in [1.807, 2.05) is 0 Å². The number of aliphatic hydroxyl groups is 1. The predicted molar refractivity (Wildman–Crippen MR) is 116 cm³/mol. The normalized spacial score (nSPS) is 23.5. The number of morpholine rings is 2. The van der Waals surface area contributed by atoms with Crippen molar-refractivity contribution in [3.63, 3.8) is 0 Å². The van der Waals surface area contributed by atoms with Crippen molar-refractivity contribution in [1.82, 2.24) is 14.5 Å². The number of nitrogens with zero attached hydrogens (tertiary/aromatic N) is 3. The van der Waals surface area contributed by atoms with E-state index in [9.17, 15) is 13.5 Å². The first-order valence-electron chi connectivity index (χ1n) is 10.6. The maximum Gasteiger partial charge on any atom is 0.213 e. The number of β-amino-alcohol motifs (C(OH)–C–C–N with tert-alkyl or cyclic N) is 1. The minimum absolute atomic E-state index is 0.0425. The Balaban J connectivity index is 1.39. The molecule has 3 rings (SSSR count). The molecule has 2 bridgehead atoms. The molecule has 10 heteroatoms. The van der Waals surface area contributed by atoms with Crippen LogP contribution in [0.15, 0.2) is 24.3 Å². The molecule has 2 heterocycles. The quantitative estimate of drug-likeness (QED) is 0.510. The molecule has 2 fully saturated rings. The highest BCUT2D eigenvalue weighted by Crippen LogP contribution is 2.19. The van der Waals surface area contributed by atoms with E-state index in [0.717, 1.165) is 26.2 Å². The lowest BCUT2D eigenvalue weighted by Crippen LogP contribution is -2.61. The summed E-state index contributed by atoms with van der Waals surface area (Å²) >= 11 is 0. The van der Waals surface area contributed by atoms with Crippen LogP contribution in [0.4, 0.5) is 0 Å². The van der Waals surface area contributed by atoms with E-state index in [1.54, 1.807) is 38.1 Å². The van der Waals surface area contributed by atoms with E-state index >= 15 is 0 Å². The van der Waals surface area contributed by atoms with Crippen LogP contribution < -0.4 is 9.46 Å². The Bertz CT molecular complexity index is 842. The van der Waals surface area contributed by atoms with Gasteiger partial charge in [-0.15, -0.1) is 0 Å². The first-order chi connectivity index (χ1) is 14.7. The van der Waals surface area contributed by atoms with E-state index in [4.69, 9.17) is 14.7 Å². The zero-order chi connectivity index (χ0) is 22.4. The summed E-state index contributed by atoms with van der Waals surface area (Å²) in [6.45, 7) is 8.00. The second-order valence-corrected chi connectivity index (χ2v) is 10.8. The number of nitriles is 1. The van der Waals surface area contributed by atoms with Gasteiger partial charge in [0.15, 0.2) is 0 Å². The molecule has 2 aliphatic heterocycles. The highest BCUT2D eigenvalue weighted by Gasteiger charge is 2.35. The first-order valence-corrected chi connectivity index (χ1v) is 12.2. The first kappa shape index (κ1) is 23.9. The summed E-state index contributed by atoms with van der Waals surface area (Å²) in [4.78, 5) is 4.44. The molecule has 1 aromatic rings. The standard InChI is InChI=1S/C21H32N4O5S/c1-16(2)31(27,28)23-7-8-24-11-20-13-25(14-21(12-24)30-20)10-18(26)15-29-19-5-3-17(9-22)4-6-19/h3-6,16,18,20-21,23,26H,7-8,10-15H2,1-2H3. The molecule has 0 aromatic heterocycles. The monoisotopic (exact) mass is 452 g/mol. The zero-order valence-electron chi connectivity index (χ0n) is 18.1. The van der Waals surface area contributed by atoms with Gasteiger partial charge in [0.05, 0.1) is 29.1 Å². The SMILES string of the molecule is CC(C)S(=O)(=O)NCCN1CC2CN(CC(O)COc3ccc(C#N)cc3)CC(C1)O2. The largest absolute Gasteiger partial charge is 0.491 e. The average Bonchev–Trinajstić information content (AvgIpc) is 2.72. The van der Waals surface area contributed by atoms with Crippen molar-refractivity contribution in [2.75, 3.05) is 52.4 Å². The zero-order valence-corrected chi connectivity index (χ0v) is 18.9. The molecule has 3 unspecified atom stereocenters. The van der Waals surface area contributed by atoms with Crippen LogP contribution in [0.1, 0.15) is 19.4 Å². The molecule has 172 valence electrons. The van der Waals surface area contributed by atoms with Gasteiger partial charge in [-0.1, -0.05) is 0 Å². The summed E-state index contributed by atoms with van der Waals surface area (Å²) in [7, 11) is -3.24. The summed E-state index contributed by atoms with van der Waals surface area (Å²) < 4.78 is 38.1. The van der Waals surface area contributed by atoms with Gasteiger partial charge in [-0.2, -0.15) is 5.26 Å². The Morgan fingerprint density at radius 3 is 2.39 bits per heavy atom. The van der Waals surface area contributed by atoms with Gasteiger partial charge in [0.1, 0.15) is 18.5 Å². The number of fused-ring (bicyclic) bond motifs is 2. The molecular formula is C21H32N4O5S. The Kier molecular flexibility index (Phi) is 8.27. The molecular weight excluding hydrogens is 420 g/mol. The van der Waals surface area contributed by atoms with Gasteiger partial charge in [-0.05, 0) is 38.1 Å². The fourth-order valence-electron chi connectivity index (χ4n) is 3.87. The van der Waals surface area contributed by atoms with Crippen LogP contribution >= 0.6 is 0 Å². The number of nitrogens with one attached hydrogen (secondary N) is 1. The summed E-state index contributed by atoms with van der Waals surface area (Å²) in [5.41, 5.74) is 0.569. The van der Waals surface area contributed by atoms with Crippen molar-refractivity contribution in [3.8, 4) is 11.8 Å². The molecule has 2 saturated heterocycles. The molecule has 0 amide bonds. The third-order valence-corrected chi connectivity index (χ3v) is 7.33. The average molecular weight is 453 g/mol. The van der Waals surface area contributed by atoms with Gasteiger partial charge >= 0.3 is 0 Å². The molecule has 3 atom stereocenters. The number of hydrogen-bond donors (Lipinski definition) is 2. The number of ether oxygens (including phenoxy) is 2. The maximum atomic E-state index is 11.9. The van der Waals surface area contributed by atoms with Crippen molar-refractivity contribution < 1.29 is 23.0 Å². The Labute approximate surface area is 184 Å². The number of rotatable bonds is 10. The van der Waals surface area contributed by atoms with Crippen LogP contribution in [-0.4, -0.2) is 99.3 Å². The molecule has 0 saturated carbocycles. The Morgan fingerprint density at radius 1 is 1.19 bits per heavy atom. The van der Waals surface area contributed by atoms with E-state index < -0.39 is 21.4 Å². The van der Waals surface area contributed by atoms with Crippen LogP contribution in [0, 0.1) is 11.3 Å². The van der Waals surface area contributed by atoms with Crippen molar-refractivity contribution in [2.24, 2.45) is 0 Å². The summed E-state index contributed by atoms with van der Waals surface area (Å²) in [6, 6.07) is 8.88. The van der Waals surface area contributed by atoms with Crippen LogP contribution in [0.5, 0.6) is 5.75 Å². The van der Waals surface area contributed by atoms with Crippen LogP contribution in [0.3, 0.4) is 0 Å². The lowest BCUT2D eigenvalue weighted by Gasteiger charge is -2.46. The van der Waals surface area contributed by atoms with E-state index in [0.29, 0.717) is 30.9 Å². The van der Waals surface area contributed by atoms with E-state index in [1.165, 1.54) is 0 Å². The fraction of sp³-hybridized carbons (Fsp3) is 0.667. The second-order valence-electron chi connectivity index (χ2n) is 8.45. The predicted octanol–water partition coefficient (Wildman–Crippen LogP) is 0.0108. The molecule has 0 radical (unpaired) electrons. The smallest absolute Gasteiger partial charge is 0.213 e. The summed E-state index contributed by atoms with van der Waals surface area (Å²) in [6.07, 6.45) is -0.544. The third kappa shape index (κ3) is 7.14. The molecule has 0 aliphatic carbocycles. The highest BCUT2D eigenvalue weighted by molar-refractivity contribution is 7.90. The molecule has 9 nitrogen and oxygen atoms in total. The molecule has 2 N–H and O–H groups in total. The van der Waals surface area contributed by atoms with Crippen LogP contribution in [0.25, 0.3) is 0 Å². The minimum Gasteiger partial charge on any atom is -0.491 e. The highest BCUT2D eigenvalue weighted by atomic mass is 32.2. The van der Waals surface area contributed by atoms with Gasteiger partial charge in [-0.25, -0.2) is 13.1 Å². The van der Waals surface area contributed by atoms with Crippen molar-refractivity contribution in [1.29, 1.82) is 5.26 Å². The van der Waals surface area contributed by atoms with Crippen molar-refractivity contribution >= 4 is 10.0 Å². The van der Waals surface area contributed by atoms with E-state index in [-0.39, 0.29) is 18.8 Å². The second kappa shape index (κ2) is 10.7. The molecule has 2 aliphatic rings. The lowest BCUT2D eigenvalue weighted by molar-refractivity contribution is -0.142. The van der Waals surface area contributed by atoms with Gasteiger partial charge in [0.25, 0.3) is 0 Å². The van der Waals surface area contributed by atoms with Crippen LogP contribution in [-0.2, 0) is 14.8 Å². The summed E-state index contributed by atoms with van der Waals surface area (Å²) in [5, 5.41) is 18.8. The molecule has 1 aromatic carbocycles. The van der Waals surface area contributed by atoms with E-state index in [2.05, 4.69) is 20.6 Å². The Morgan fingerprint density at radius 2 is 1.81 bits per heavy atom. The molecule has 31 heavy (non-hydrogen) atoms. The number of sulfonamides is 1. The topological polar surface area (TPSA) is 115 Å². The Hall–Kier alpha value is -1.74. The number of benzene rings is 1. The van der Waals surface area contributed by atoms with Crippen molar-refractivity contribution in [3.05, 3.63) is 29.8 Å².